The Kier molecular flexibility index (Phi) is 4.14. The maximum atomic E-state index is 12.2. The van der Waals surface area contributed by atoms with E-state index in [0.717, 1.165) is 5.56 Å². The Morgan fingerprint density at radius 1 is 1.29 bits per heavy atom. The number of nitro benzene ring substituents is 1. The highest BCUT2D eigenvalue weighted by molar-refractivity contribution is 6.51. The van der Waals surface area contributed by atoms with Crippen molar-refractivity contribution < 1.29 is 4.92 Å². The molecule has 0 radical (unpaired) electrons. The minimum atomic E-state index is -0.477. The van der Waals surface area contributed by atoms with Crippen LogP contribution in [0, 0.1) is 17.0 Å². The maximum Gasteiger partial charge on any atom is 0.270 e. The van der Waals surface area contributed by atoms with E-state index in [9.17, 15) is 14.9 Å². The summed E-state index contributed by atoms with van der Waals surface area (Å²) in [6, 6.07) is 11.0. The number of nitro groups is 1. The molecule has 0 aliphatic carbocycles. The normalized spacial score (nSPS) is 11.7. The molecule has 6 nitrogen and oxygen atoms in total. The largest absolute Gasteiger partial charge is 0.270 e. The van der Waals surface area contributed by atoms with Crippen molar-refractivity contribution in [1.29, 1.82) is 0 Å². The molecule has 0 unspecified atom stereocenters. The third-order valence-corrected chi connectivity index (χ3v) is 3.81. The first-order valence-electron chi connectivity index (χ1n) is 7.07. The number of aromatic nitrogens is 2. The molecule has 2 heterocycles. The first kappa shape index (κ1) is 15.9. The van der Waals surface area contributed by atoms with Crippen molar-refractivity contribution in [2.24, 2.45) is 0 Å². The third kappa shape index (κ3) is 3.04. The second kappa shape index (κ2) is 6.25. The molecular weight excluding hydrogens is 330 g/mol. The Balaban J connectivity index is 2.10. The summed E-state index contributed by atoms with van der Waals surface area (Å²) in [6.07, 6.45) is 3.19. The second-order valence-electron chi connectivity index (χ2n) is 5.21. The van der Waals surface area contributed by atoms with Gasteiger partial charge in [-0.3, -0.25) is 19.3 Å². The number of nitrogens with zero attached hydrogens (tertiary/aromatic N) is 3. The van der Waals surface area contributed by atoms with E-state index < -0.39 is 4.92 Å². The van der Waals surface area contributed by atoms with Gasteiger partial charge in [-0.15, -0.1) is 0 Å². The monoisotopic (exact) mass is 341 g/mol. The lowest BCUT2D eigenvalue weighted by atomic mass is 10.1. The van der Waals surface area contributed by atoms with Crippen LogP contribution < -0.4 is 5.56 Å². The Morgan fingerprint density at radius 2 is 2.08 bits per heavy atom. The van der Waals surface area contributed by atoms with Crippen LogP contribution in [-0.4, -0.2) is 14.3 Å². The summed E-state index contributed by atoms with van der Waals surface area (Å²) in [5.41, 5.74) is 1.96. The fourth-order valence-electron chi connectivity index (χ4n) is 2.33. The highest BCUT2D eigenvalue weighted by atomic mass is 35.5. The van der Waals surface area contributed by atoms with E-state index in [1.165, 1.54) is 22.6 Å². The van der Waals surface area contributed by atoms with Gasteiger partial charge in [0, 0.05) is 24.4 Å². The molecule has 0 atom stereocenters. The van der Waals surface area contributed by atoms with E-state index in [1.54, 1.807) is 30.5 Å². The molecule has 0 bridgehead atoms. The van der Waals surface area contributed by atoms with Crippen LogP contribution in [0.3, 0.4) is 0 Å². The zero-order valence-corrected chi connectivity index (χ0v) is 13.4. The predicted octanol–water partition coefficient (Wildman–Crippen LogP) is 3.65. The first-order valence-corrected chi connectivity index (χ1v) is 7.44. The van der Waals surface area contributed by atoms with Crippen LogP contribution in [0.5, 0.6) is 0 Å². The number of aryl methyl sites for hydroxylation is 1. The summed E-state index contributed by atoms with van der Waals surface area (Å²) in [4.78, 5) is 27.0. The highest BCUT2D eigenvalue weighted by Crippen LogP contribution is 2.22. The molecule has 0 spiro atoms. The van der Waals surface area contributed by atoms with E-state index in [2.05, 4.69) is 4.98 Å². The van der Waals surface area contributed by atoms with E-state index in [0.29, 0.717) is 16.9 Å². The smallest absolute Gasteiger partial charge is 0.269 e. The minimum Gasteiger partial charge on any atom is -0.269 e. The molecule has 0 saturated heterocycles. The number of fused-ring (bicyclic) bond motifs is 1. The molecule has 0 saturated carbocycles. The van der Waals surface area contributed by atoms with Gasteiger partial charge in [0.05, 0.1) is 15.6 Å². The molecule has 24 heavy (non-hydrogen) atoms. The van der Waals surface area contributed by atoms with E-state index >= 15 is 0 Å². The highest BCUT2D eigenvalue weighted by Gasteiger charge is 2.09. The lowest BCUT2D eigenvalue weighted by molar-refractivity contribution is -0.384. The number of benzene rings is 1. The van der Waals surface area contributed by atoms with Crippen molar-refractivity contribution in [3.8, 4) is 0 Å². The molecule has 3 aromatic rings. The van der Waals surface area contributed by atoms with Gasteiger partial charge in [-0.25, -0.2) is 4.98 Å². The second-order valence-corrected chi connectivity index (χ2v) is 5.62. The van der Waals surface area contributed by atoms with Gasteiger partial charge >= 0.3 is 0 Å². The number of hydrogen-bond donors (Lipinski definition) is 0. The van der Waals surface area contributed by atoms with Crippen molar-refractivity contribution in [2.75, 3.05) is 0 Å². The average molecular weight is 342 g/mol. The predicted molar refractivity (Wildman–Crippen MR) is 93.0 cm³/mol. The molecule has 0 aliphatic rings. The van der Waals surface area contributed by atoms with Gasteiger partial charge in [-0.2, -0.15) is 0 Å². The lowest BCUT2D eigenvalue weighted by Gasteiger charge is -2.05. The molecule has 0 N–H and O–H groups in total. The van der Waals surface area contributed by atoms with E-state index in [1.807, 2.05) is 13.0 Å². The number of halogens is 1. The van der Waals surface area contributed by atoms with Crippen LogP contribution in [-0.2, 0) is 0 Å². The van der Waals surface area contributed by atoms with Crippen molar-refractivity contribution in [3.63, 3.8) is 0 Å². The molecule has 120 valence electrons. The molecule has 1 aromatic carbocycles. The maximum absolute atomic E-state index is 12.2. The first-order chi connectivity index (χ1) is 11.5. The Labute approximate surface area is 141 Å². The summed E-state index contributed by atoms with van der Waals surface area (Å²) in [5, 5.41) is 11.1. The van der Waals surface area contributed by atoms with Gasteiger partial charge in [0.1, 0.15) is 5.65 Å². The number of non-ortho nitro benzene ring substituents is 1. The number of pyridine rings is 1. The average Bonchev–Trinajstić information content (AvgIpc) is 2.56. The Hall–Kier alpha value is -2.99. The van der Waals surface area contributed by atoms with Crippen molar-refractivity contribution in [3.05, 3.63) is 86.0 Å². The Bertz CT molecular complexity index is 1040. The third-order valence-electron chi connectivity index (χ3n) is 3.51. The minimum absolute atomic E-state index is 0.0319. The fraction of sp³-hybridized carbons (Fsp3) is 0.0588. The summed E-state index contributed by atoms with van der Waals surface area (Å²) in [5.74, 6) is 0. The van der Waals surface area contributed by atoms with Crippen LogP contribution in [0.4, 0.5) is 5.69 Å². The Morgan fingerprint density at radius 3 is 2.83 bits per heavy atom. The summed E-state index contributed by atoms with van der Waals surface area (Å²) < 4.78 is 1.44. The fourth-order valence-corrected chi connectivity index (χ4v) is 2.55. The lowest BCUT2D eigenvalue weighted by Crippen LogP contribution is -2.15. The molecule has 0 amide bonds. The molecular formula is C17H12ClN3O3. The molecule has 3 rings (SSSR count). The quantitative estimate of drug-likeness (QED) is 0.538. The van der Waals surface area contributed by atoms with Crippen molar-refractivity contribution in [2.45, 2.75) is 6.92 Å². The standard InChI is InChI=1S/C17H12ClN3O3/c1-11-4-3-7-20-16(22)10-15(19-17(11)20)14(18)9-12-5-2-6-13(8-12)21(23)24/h2-10H,1H3/b14-9-. The van der Waals surface area contributed by atoms with Gasteiger partial charge in [0.25, 0.3) is 11.2 Å². The van der Waals surface area contributed by atoms with Crippen molar-refractivity contribution in [1.82, 2.24) is 9.38 Å². The van der Waals surface area contributed by atoms with E-state index in [4.69, 9.17) is 11.6 Å². The van der Waals surface area contributed by atoms with Crippen LogP contribution in [0.1, 0.15) is 16.8 Å². The SMILES string of the molecule is Cc1cccn2c(=O)cc(/C(Cl)=C/c3cccc([N+](=O)[O-])c3)nc12. The zero-order chi connectivity index (χ0) is 17.3. The zero-order valence-electron chi connectivity index (χ0n) is 12.6. The molecule has 7 heteroatoms. The molecule has 2 aromatic heterocycles. The van der Waals surface area contributed by atoms with Gasteiger partial charge < -0.3 is 0 Å². The van der Waals surface area contributed by atoms with Crippen LogP contribution in [0.15, 0.2) is 53.5 Å². The number of rotatable bonds is 3. The van der Waals surface area contributed by atoms with Gasteiger partial charge in [0.15, 0.2) is 0 Å². The van der Waals surface area contributed by atoms with Gasteiger partial charge in [-0.05, 0) is 30.2 Å². The van der Waals surface area contributed by atoms with Gasteiger partial charge in [0.2, 0.25) is 0 Å². The van der Waals surface area contributed by atoms with Crippen LogP contribution in [0.25, 0.3) is 16.8 Å². The summed E-state index contributed by atoms with van der Waals surface area (Å²) in [6.45, 7) is 1.85. The van der Waals surface area contributed by atoms with Crippen molar-refractivity contribution >= 4 is 34.0 Å². The number of hydrogen-bond acceptors (Lipinski definition) is 4. The molecule has 0 aliphatic heterocycles. The summed E-state index contributed by atoms with van der Waals surface area (Å²) in [7, 11) is 0. The summed E-state index contributed by atoms with van der Waals surface area (Å²) >= 11 is 6.28. The van der Waals surface area contributed by atoms with E-state index in [-0.39, 0.29) is 16.3 Å². The topological polar surface area (TPSA) is 77.5 Å². The van der Waals surface area contributed by atoms with Crippen LogP contribution in [0.2, 0.25) is 0 Å². The van der Waals surface area contributed by atoms with Crippen LogP contribution >= 0.6 is 11.6 Å². The van der Waals surface area contributed by atoms with Gasteiger partial charge in [-0.1, -0.05) is 29.8 Å². The molecule has 0 fully saturated rings.